The molecule has 11 heteroatoms. The number of carbonyl (C=O) groups is 1. The number of methoxy groups -OCH3 is 1. The molecule has 0 spiro atoms. The average molecular weight is 555 g/mol. The van der Waals surface area contributed by atoms with E-state index in [0.717, 1.165) is 5.56 Å². The number of halogens is 7. The highest BCUT2D eigenvalue weighted by Crippen LogP contribution is 2.37. The number of benzene rings is 3. The quantitative estimate of drug-likeness (QED) is 0.329. The van der Waals surface area contributed by atoms with Crippen molar-refractivity contribution in [3.63, 3.8) is 0 Å². The first-order valence-electron chi connectivity index (χ1n) is 12.0. The van der Waals surface area contributed by atoms with Gasteiger partial charge in [0, 0.05) is 37.8 Å². The van der Waals surface area contributed by atoms with Crippen molar-refractivity contribution in [1.29, 1.82) is 0 Å². The van der Waals surface area contributed by atoms with Crippen LogP contribution in [0.5, 0.6) is 5.75 Å². The smallest absolute Gasteiger partial charge is 0.416 e. The van der Waals surface area contributed by atoms with E-state index in [9.17, 15) is 35.5 Å². The number of amides is 1. The molecular weight excluding hydrogens is 529 g/mol. The summed E-state index contributed by atoms with van der Waals surface area (Å²) in [5.41, 5.74) is -2.20. The largest absolute Gasteiger partial charge is 0.494 e. The molecule has 1 aliphatic rings. The van der Waals surface area contributed by atoms with Crippen LogP contribution in [0.2, 0.25) is 0 Å². The maximum absolute atomic E-state index is 14.0. The van der Waals surface area contributed by atoms with Crippen LogP contribution in [0.1, 0.15) is 32.6 Å². The van der Waals surface area contributed by atoms with Crippen LogP contribution in [0.15, 0.2) is 66.7 Å². The molecule has 4 rings (SSSR count). The van der Waals surface area contributed by atoms with Crippen molar-refractivity contribution in [3.8, 4) is 5.75 Å². The fraction of sp³-hybridized carbons (Fsp3) is 0.321. The van der Waals surface area contributed by atoms with Gasteiger partial charge in [-0.25, -0.2) is 4.39 Å². The van der Waals surface area contributed by atoms with Crippen molar-refractivity contribution < 1.29 is 40.3 Å². The van der Waals surface area contributed by atoms with Crippen molar-refractivity contribution in [1.82, 2.24) is 9.80 Å². The third-order valence-electron chi connectivity index (χ3n) is 6.60. The lowest BCUT2D eigenvalue weighted by molar-refractivity contribution is -0.143. The summed E-state index contributed by atoms with van der Waals surface area (Å²) in [7, 11) is 1.30. The molecule has 0 unspecified atom stereocenters. The van der Waals surface area contributed by atoms with Crippen LogP contribution in [0.3, 0.4) is 0 Å². The van der Waals surface area contributed by atoms with Gasteiger partial charge in [-0.1, -0.05) is 36.4 Å². The molecule has 3 aromatic rings. The maximum Gasteiger partial charge on any atom is 0.416 e. The Bertz CT molecular complexity index is 1280. The van der Waals surface area contributed by atoms with E-state index in [4.69, 9.17) is 4.74 Å². The summed E-state index contributed by atoms with van der Waals surface area (Å²) in [5, 5.41) is 0. The van der Waals surface area contributed by atoms with Gasteiger partial charge in [0.25, 0.3) is 5.91 Å². The fourth-order valence-corrected chi connectivity index (χ4v) is 4.69. The predicted molar refractivity (Wildman–Crippen MR) is 130 cm³/mol. The second-order valence-electron chi connectivity index (χ2n) is 9.34. The van der Waals surface area contributed by atoms with E-state index in [2.05, 4.69) is 4.90 Å². The molecule has 0 saturated carbocycles. The van der Waals surface area contributed by atoms with Crippen LogP contribution >= 0.6 is 0 Å². The Morgan fingerprint density at radius 2 is 1.51 bits per heavy atom. The number of ether oxygens (including phenoxy) is 1. The van der Waals surface area contributed by atoms with Gasteiger partial charge in [0.05, 0.1) is 18.2 Å². The molecule has 0 radical (unpaired) electrons. The van der Waals surface area contributed by atoms with Gasteiger partial charge in [-0.3, -0.25) is 9.69 Å². The summed E-state index contributed by atoms with van der Waals surface area (Å²) in [6.07, 6.45) is -9.97. The molecule has 1 amide bonds. The Morgan fingerprint density at radius 3 is 2.10 bits per heavy atom. The van der Waals surface area contributed by atoms with Gasteiger partial charge in [0.15, 0.2) is 11.6 Å². The molecule has 0 aromatic heterocycles. The lowest BCUT2D eigenvalue weighted by Crippen LogP contribution is -2.55. The van der Waals surface area contributed by atoms with E-state index in [-0.39, 0.29) is 24.8 Å². The van der Waals surface area contributed by atoms with Crippen LogP contribution in [0.25, 0.3) is 0 Å². The topological polar surface area (TPSA) is 32.8 Å². The maximum atomic E-state index is 14.0. The van der Waals surface area contributed by atoms with Crippen LogP contribution in [0, 0.1) is 5.82 Å². The van der Waals surface area contributed by atoms with Crippen LogP contribution in [-0.4, -0.2) is 48.5 Å². The summed E-state index contributed by atoms with van der Waals surface area (Å²) in [6, 6.07) is 13.9. The first kappa shape index (κ1) is 28.4. The van der Waals surface area contributed by atoms with Crippen molar-refractivity contribution >= 4 is 5.91 Å². The summed E-state index contributed by atoms with van der Waals surface area (Å²) >= 11 is 0. The third-order valence-corrected chi connectivity index (χ3v) is 6.60. The highest BCUT2D eigenvalue weighted by Gasteiger charge is 2.39. The summed E-state index contributed by atoms with van der Waals surface area (Å²) < 4.78 is 99.6. The van der Waals surface area contributed by atoms with E-state index >= 15 is 0 Å². The van der Waals surface area contributed by atoms with Crippen LogP contribution < -0.4 is 4.74 Å². The second kappa shape index (κ2) is 11.3. The number of piperazine rings is 1. The highest BCUT2D eigenvalue weighted by molar-refractivity contribution is 5.95. The van der Waals surface area contributed by atoms with E-state index in [1.807, 2.05) is 30.3 Å². The SMILES string of the molecule is COc1cc(C[C@@H]2CN(Cc3ccccc3)CCN2C(=O)c2cc(C(F)(F)F)cc(C(F)(F)F)c2)ccc1F. The molecule has 0 N–H and O–H groups in total. The number of carbonyl (C=O) groups excluding carboxylic acids is 1. The Labute approximate surface area is 220 Å². The fourth-order valence-electron chi connectivity index (χ4n) is 4.69. The second-order valence-corrected chi connectivity index (χ2v) is 9.34. The summed E-state index contributed by atoms with van der Waals surface area (Å²) in [6.45, 7) is 1.26. The van der Waals surface area contributed by atoms with Crippen LogP contribution in [-0.2, 0) is 25.3 Å². The Balaban J connectivity index is 1.67. The van der Waals surface area contributed by atoms with Gasteiger partial charge in [0.1, 0.15) is 0 Å². The first-order chi connectivity index (χ1) is 18.3. The van der Waals surface area contributed by atoms with Gasteiger partial charge in [-0.15, -0.1) is 0 Å². The van der Waals surface area contributed by atoms with Gasteiger partial charge < -0.3 is 9.64 Å². The van der Waals surface area contributed by atoms with Gasteiger partial charge in [-0.2, -0.15) is 26.3 Å². The van der Waals surface area contributed by atoms with Crippen molar-refractivity contribution in [2.24, 2.45) is 0 Å². The molecule has 3 aromatic carbocycles. The molecule has 4 nitrogen and oxygen atoms in total. The zero-order chi connectivity index (χ0) is 28.4. The zero-order valence-corrected chi connectivity index (χ0v) is 20.8. The first-order valence-corrected chi connectivity index (χ1v) is 12.0. The van der Waals surface area contributed by atoms with E-state index in [0.29, 0.717) is 37.3 Å². The summed E-state index contributed by atoms with van der Waals surface area (Å²) in [4.78, 5) is 16.8. The minimum Gasteiger partial charge on any atom is -0.494 e. The number of alkyl halides is 6. The third kappa shape index (κ3) is 6.89. The molecule has 208 valence electrons. The monoisotopic (exact) mass is 554 g/mol. The normalized spacial score (nSPS) is 16.8. The average Bonchev–Trinajstić information content (AvgIpc) is 2.89. The molecular formula is C28H25F7N2O2. The lowest BCUT2D eigenvalue weighted by atomic mass is 9.98. The van der Waals surface area contributed by atoms with Crippen molar-refractivity contribution in [2.45, 2.75) is 31.4 Å². The van der Waals surface area contributed by atoms with Crippen molar-refractivity contribution in [2.75, 3.05) is 26.7 Å². The minimum atomic E-state index is -5.07. The summed E-state index contributed by atoms with van der Waals surface area (Å²) in [5.74, 6) is -1.55. The number of hydrogen-bond acceptors (Lipinski definition) is 3. The van der Waals surface area contributed by atoms with E-state index in [1.165, 1.54) is 30.2 Å². The molecule has 39 heavy (non-hydrogen) atoms. The number of rotatable bonds is 6. The van der Waals surface area contributed by atoms with E-state index < -0.39 is 46.8 Å². The standard InChI is InChI=1S/C28H25F7N2O2/c1-39-25-12-19(7-8-24(25)29)11-23-17-36(16-18-5-3-2-4-6-18)9-10-37(23)26(38)20-13-21(27(30,31)32)15-22(14-20)28(33,34)35/h2-8,12-15,23H,9-11,16-17H2,1H3/t23-/m1/s1. The minimum absolute atomic E-state index is 0.00312. The number of hydrogen-bond donors (Lipinski definition) is 0. The lowest BCUT2D eigenvalue weighted by Gasteiger charge is -2.42. The van der Waals surface area contributed by atoms with Gasteiger partial charge >= 0.3 is 12.4 Å². The molecule has 0 aliphatic carbocycles. The van der Waals surface area contributed by atoms with Crippen molar-refractivity contribution in [3.05, 3.63) is 100 Å². The highest BCUT2D eigenvalue weighted by atomic mass is 19.4. The molecule has 1 atom stereocenters. The number of nitrogens with zero attached hydrogens (tertiary/aromatic N) is 2. The Kier molecular flexibility index (Phi) is 8.20. The Hall–Kier alpha value is -3.60. The van der Waals surface area contributed by atoms with Gasteiger partial charge in [-0.05, 0) is 47.9 Å². The molecule has 1 fully saturated rings. The predicted octanol–water partition coefficient (Wildman–Crippen LogP) is 6.44. The molecule has 1 heterocycles. The van der Waals surface area contributed by atoms with E-state index in [1.54, 1.807) is 0 Å². The zero-order valence-electron chi connectivity index (χ0n) is 20.8. The molecule has 0 bridgehead atoms. The van der Waals surface area contributed by atoms with Gasteiger partial charge in [0.2, 0.25) is 0 Å². The Morgan fingerprint density at radius 1 is 0.872 bits per heavy atom. The molecule has 1 aliphatic heterocycles. The molecule has 1 saturated heterocycles. The van der Waals surface area contributed by atoms with Crippen LogP contribution in [0.4, 0.5) is 30.7 Å².